The van der Waals surface area contributed by atoms with Gasteiger partial charge < -0.3 is 4.74 Å². The number of carbonyl (C=O) groups excluding carboxylic acids is 1. The van der Waals surface area contributed by atoms with Gasteiger partial charge >= 0.3 is 5.97 Å². The Hall–Kier alpha value is -1.63. The van der Waals surface area contributed by atoms with Crippen molar-refractivity contribution < 1.29 is 9.53 Å². The molecular weight excluding hydrogens is 624 g/mol. The lowest BCUT2D eigenvalue weighted by molar-refractivity contribution is -0.0173. The highest BCUT2D eigenvalue weighted by atomic mass is 16.5. The van der Waals surface area contributed by atoms with E-state index in [0.29, 0.717) is 71.7 Å². The van der Waals surface area contributed by atoms with Gasteiger partial charge in [0.15, 0.2) is 0 Å². The minimum atomic E-state index is -0.181. The summed E-state index contributed by atoms with van der Waals surface area (Å²) in [7, 11) is 0. The molecule has 0 radical (unpaired) electrons. The van der Waals surface area contributed by atoms with Crippen molar-refractivity contribution in [1.82, 2.24) is 42.5 Å². The summed E-state index contributed by atoms with van der Waals surface area (Å²) < 4.78 is 6.51. The second-order valence-corrected chi connectivity index (χ2v) is 18.0. The molecule has 4 aliphatic carbocycles. The minimum Gasteiger partial charge on any atom is -0.458 e. The third-order valence-electron chi connectivity index (χ3n) is 15.4. The van der Waals surface area contributed by atoms with Gasteiger partial charge in [0.05, 0.1) is 54.9 Å². The van der Waals surface area contributed by atoms with Crippen molar-refractivity contribution >= 4 is 5.97 Å². The van der Waals surface area contributed by atoms with Crippen LogP contribution in [0.3, 0.4) is 0 Å². The van der Waals surface area contributed by atoms with Gasteiger partial charge in [0.1, 0.15) is 6.10 Å². The van der Waals surface area contributed by atoms with Gasteiger partial charge in [-0.2, -0.15) is 0 Å². The van der Waals surface area contributed by atoms with E-state index in [2.05, 4.69) is 49.5 Å². The van der Waals surface area contributed by atoms with Crippen molar-refractivity contribution in [2.45, 2.75) is 159 Å². The Morgan fingerprint density at radius 3 is 1.20 bits per heavy atom. The fraction of sp³-hybridized carbons (Fsp3) is 0.825. The van der Waals surface area contributed by atoms with Crippen LogP contribution in [-0.2, 0) is 4.74 Å². The van der Waals surface area contributed by atoms with Gasteiger partial charge in [-0.15, -0.1) is 0 Å². The van der Waals surface area contributed by atoms with Gasteiger partial charge in [-0.25, -0.2) is 4.79 Å². The van der Waals surface area contributed by atoms with E-state index >= 15 is 0 Å². The maximum atomic E-state index is 13.6. The van der Waals surface area contributed by atoms with Crippen molar-refractivity contribution in [2.24, 2.45) is 47.3 Å². The molecule has 50 heavy (non-hydrogen) atoms. The van der Waals surface area contributed by atoms with Crippen LogP contribution in [0, 0.1) is 54.3 Å². The second kappa shape index (κ2) is 13.7. The lowest BCUT2D eigenvalue weighted by Crippen LogP contribution is -2.62. The number of carbonyl (C=O) groups is 1. The number of esters is 1. The molecule has 8 bridgehead atoms. The summed E-state index contributed by atoms with van der Waals surface area (Å²) in [5, 5.41) is 33.6. The maximum Gasteiger partial charge on any atom is 0.338 e. The smallest absolute Gasteiger partial charge is 0.338 e. The molecule has 5 saturated heterocycles. The topological polar surface area (TPSA) is 123 Å². The Morgan fingerprint density at radius 1 is 0.460 bits per heavy atom. The third-order valence-corrected chi connectivity index (χ3v) is 15.4. The zero-order valence-electron chi connectivity index (χ0n) is 30.0. The van der Waals surface area contributed by atoms with Crippen LogP contribution in [0.25, 0.3) is 0 Å². The van der Waals surface area contributed by atoms with E-state index in [1.807, 2.05) is 24.3 Å². The lowest BCUT2D eigenvalue weighted by atomic mass is 9.75. The zero-order valence-corrected chi connectivity index (χ0v) is 30.0. The first kappa shape index (κ1) is 33.0. The Kier molecular flexibility index (Phi) is 9.01. The van der Waals surface area contributed by atoms with E-state index in [0.717, 1.165) is 24.8 Å². The maximum absolute atomic E-state index is 13.6. The predicted octanol–water partition coefficient (Wildman–Crippen LogP) is 3.75. The van der Waals surface area contributed by atoms with Crippen molar-refractivity contribution in [1.29, 1.82) is 0 Å². The van der Waals surface area contributed by atoms with E-state index in [1.165, 1.54) is 77.0 Å². The first-order chi connectivity index (χ1) is 24.6. The number of hydrogen-bond donors (Lipinski definition) is 8. The van der Waals surface area contributed by atoms with Crippen LogP contribution < -0.4 is 42.5 Å². The number of aryl methyl sites for hydroxylation is 1. The molecule has 8 N–H and O–H groups in total. The average molecular weight is 687 g/mol. The molecule has 4 saturated carbocycles. The van der Waals surface area contributed by atoms with Gasteiger partial charge in [0.25, 0.3) is 0 Å². The summed E-state index contributed by atoms with van der Waals surface area (Å²) in [6, 6.07) is 7.87. The highest BCUT2D eigenvalue weighted by molar-refractivity contribution is 5.89. The SMILES string of the molecule is Cc1ccc(C(=O)OC2CCCC3C4NC5NC(NC6NC(NC7NC(NC(N4)C23)C2CCCCC72)C2CCCCC62)C2CCCCC52)cc1. The number of nitrogens with one attached hydrogen (secondary N) is 8. The highest BCUT2D eigenvalue weighted by Gasteiger charge is 2.56. The standard InChI is InChI=1S/C40H62N8O2/c1-21-17-19-22(20-18-21)40(49)50-30-16-8-15-29-31(30)39-47-37-28-14-7-6-13-27(28)35(45-37)43-33-24-10-3-2-9-23(24)32(41-33)42-34-25-11-4-5-12-26(25)36(44-34)46-38(29)48-39/h17-20,23-39,41-48H,2-16H2,1H3. The molecular formula is C40H62N8O2. The largest absolute Gasteiger partial charge is 0.458 e. The number of ether oxygens (including phenoxy) is 1. The number of fused-ring (bicyclic) bond motifs is 20. The van der Waals surface area contributed by atoms with Crippen LogP contribution in [-0.4, -0.2) is 61.4 Å². The molecule has 10 rings (SSSR count). The second-order valence-electron chi connectivity index (χ2n) is 18.0. The molecule has 10 nitrogen and oxygen atoms in total. The summed E-state index contributed by atoms with van der Waals surface area (Å²) in [6.07, 6.45) is 20.9. The molecule has 17 atom stereocenters. The molecule has 10 heteroatoms. The number of benzene rings is 1. The summed E-state index contributed by atoms with van der Waals surface area (Å²) in [5.41, 5.74) is 1.82. The van der Waals surface area contributed by atoms with E-state index in [-0.39, 0.29) is 42.7 Å². The summed E-state index contributed by atoms with van der Waals surface area (Å²) >= 11 is 0. The molecule has 5 aliphatic heterocycles. The van der Waals surface area contributed by atoms with Gasteiger partial charge in [-0.3, -0.25) is 42.5 Å². The first-order valence-electron chi connectivity index (χ1n) is 20.9. The number of hydrogen-bond acceptors (Lipinski definition) is 10. The Labute approximate surface area is 298 Å². The molecule has 0 spiro atoms. The number of rotatable bonds is 2. The fourth-order valence-electron chi connectivity index (χ4n) is 13.0. The quantitative estimate of drug-likeness (QED) is 0.219. The summed E-state index contributed by atoms with van der Waals surface area (Å²) in [5.74, 6) is 4.28. The molecule has 1 aromatic rings. The van der Waals surface area contributed by atoms with E-state index < -0.39 is 0 Å². The highest BCUT2D eigenvalue weighted by Crippen LogP contribution is 2.46. The van der Waals surface area contributed by atoms with Crippen LogP contribution in [0.1, 0.15) is 112 Å². The van der Waals surface area contributed by atoms with E-state index in [1.54, 1.807) is 0 Å². The van der Waals surface area contributed by atoms with Gasteiger partial charge in [-0.1, -0.05) is 56.2 Å². The van der Waals surface area contributed by atoms with Crippen LogP contribution in [0.2, 0.25) is 0 Å². The molecule has 9 aliphatic rings. The van der Waals surface area contributed by atoms with E-state index in [4.69, 9.17) is 4.74 Å². The molecule has 0 aromatic heterocycles. The van der Waals surface area contributed by atoms with Crippen molar-refractivity contribution in [3.63, 3.8) is 0 Å². The fourth-order valence-corrected chi connectivity index (χ4v) is 13.0. The van der Waals surface area contributed by atoms with Crippen molar-refractivity contribution in [2.75, 3.05) is 0 Å². The van der Waals surface area contributed by atoms with Gasteiger partial charge in [-0.05, 0) is 118 Å². The van der Waals surface area contributed by atoms with Crippen LogP contribution in [0.5, 0.6) is 0 Å². The molecule has 9 fully saturated rings. The average Bonchev–Trinajstić information content (AvgIpc) is 3.88. The Morgan fingerprint density at radius 2 is 0.800 bits per heavy atom. The molecule has 274 valence electrons. The Balaban J connectivity index is 0.978. The Bertz CT molecular complexity index is 1380. The monoisotopic (exact) mass is 686 g/mol. The van der Waals surface area contributed by atoms with Gasteiger partial charge in [0, 0.05) is 5.92 Å². The van der Waals surface area contributed by atoms with E-state index in [9.17, 15) is 4.79 Å². The lowest BCUT2D eigenvalue weighted by Gasteiger charge is -2.39. The predicted molar refractivity (Wildman–Crippen MR) is 193 cm³/mol. The van der Waals surface area contributed by atoms with Crippen molar-refractivity contribution in [3.05, 3.63) is 35.4 Å². The summed E-state index contributed by atoms with van der Waals surface area (Å²) in [4.78, 5) is 13.6. The summed E-state index contributed by atoms with van der Waals surface area (Å²) in [6.45, 7) is 2.06. The van der Waals surface area contributed by atoms with Crippen LogP contribution >= 0.6 is 0 Å². The third kappa shape index (κ3) is 5.88. The normalized spacial score (nSPS) is 49.7. The minimum absolute atomic E-state index is 0.0644. The molecule has 0 amide bonds. The van der Waals surface area contributed by atoms with Crippen LogP contribution in [0.15, 0.2) is 24.3 Å². The van der Waals surface area contributed by atoms with Gasteiger partial charge in [0.2, 0.25) is 0 Å². The zero-order chi connectivity index (χ0) is 33.3. The molecule has 1 aromatic carbocycles. The van der Waals surface area contributed by atoms with Crippen LogP contribution in [0.4, 0.5) is 0 Å². The molecule has 17 unspecified atom stereocenters. The molecule has 5 heterocycles. The van der Waals surface area contributed by atoms with Crippen molar-refractivity contribution in [3.8, 4) is 0 Å². The first-order valence-corrected chi connectivity index (χ1v) is 20.9.